The van der Waals surface area contributed by atoms with Crippen molar-refractivity contribution < 1.29 is 9.90 Å². The van der Waals surface area contributed by atoms with Crippen LogP contribution in [-0.4, -0.2) is 36.2 Å². The predicted octanol–water partition coefficient (Wildman–Crippen LogP) is 7.07. The number of anilines is 3. The van der Waals surface area contributed by atoms with E-state index in [1.54, 1.807) is 6.07 Å². The van der Waals surface area contributed by atoms with Gasteiger partial charge in [-0.3, -0.25) is 9.78 Å². The number of carbonyl (C=O) groups excluding carboxylic acids is 1. The Labute approximate surface area is 240 Å². The molecule has 6 nitrogen and oxygen atoms in total. The van der Waals surface area contributed by atoms with Crippen molar-refractivity contribution in [2.45, 2.75) is 47.5 Å². The number of pyridine rings is 1. The van der Waals surface area contributed by atoms with E-state index < -0.39 is 0 Å². The van der Waals surface area contributed by atoms with Crippen LogP contribution >= 0.6 is 0 Å². The second kappa shape index (κ2) is 19.7. The van der Waals surface area contributed by atoms with Gasteiger partial charge in [0.15, 0.2) is 0 Å². The number of aryl methyl sites for hydroxylation is 3. The van der Waals surface area contributed by atoms with Gasteiger partial charge in [0.05, 0.1) is 23.5 Å². The summed E-state index contributed by atoms with van der Waals surface area (Å²) in [6.07, 6.45) is 7.77. The smallest absolute Gasteiger partial charge is 0.254 e. The largest absolute Gasteiger partial charge is 0.388 e. The number of rotatable bonds is 9. The Bertz CT molecular complexity index is 1280. The van der Waals surface area contributed by atoms with Crippen LogP contribution in [0.5, 0.6) is 0 Å². The molecule has 0 saturated heterocycles. The zero-order chi connectivity index (χ0) is 29.8. The molecule has 1 heterocycles. The molecule has 6 heteroatoms. The predicted molar refractivity (Wildman–Crippen MR) is 171 cm³/mol. The van der Waals surface area contributed by atoms with E-state index in [0.717, 1.165) is 35.6 Å². The summed E-state index contributed by atoms with van der Waals surface area (Å²) >= 11 is 0. The lowest BCUT2D eigenvalue weighted by molar-refractivity contribution is 0.0959. The van der Waals surface area contributed by atoms with E-state index >= 15 is 0 Å². The molecule has 0 atom stereocenters. The third-order valence-corrected chi connectivity index (χ3v) is 5.44. The number of hydrogen-bond acceptors (Lipinski definition) is 5. The van der Waals surface area contributed by atoms with E-state index in [0.29, 0.717) is 11.3 Å². The number of allylic oxidation sites excluding steroid dienone is 2. The van der Waals surface area contributed by atoms with Gasteiger partial charge in [0.2, 0.25) is 0 Å². The highest BCUT2D eigenvalue weighted by Crippen LogP contribution is 2.26. The molecule has 0 bridgehead atoms. The number of aliphatic hydroxyl groups is 1. The summed E-state index contributed by atoms with van der Waals surface area (Å²) in [5.74, 6) is 4.96. The highest BCUT2D eigenvalue weighted by molar-refractivity contribution is 6.00. The molecule has 1 aromatic heterocycles. The summed E-state index contributed by atoms with van der Waals surface area (Å²) < 4.78 is 0. The van der Waals surface area contributed by atoms with Crippen molar-refractivity contribution in [3.63, 3.8) is 0 Å². The molecular weight excluding hydrogens is 496 g/mol. The van der Waals surface area contributed by atoms with Crippen LogP contribution in [0, 0.1) is 25.7 Å². The van der Waals surface area contributed by atoms with Crippen LogP contribution in [0.2, 0.25) is 0 Å². The number of amides is 1. The number of nitrogens with one attached hydrogen (secondary N) is 3. The van der Waals surface area contributed by atoms with Gasteiger partial charge in [-0.1, -0.05) is 56.0 Å². The lowest BCUT2D eigenvalue weighted by Gasteiger charge is -2.15. The summed E-state index contributed by atoms with van der Waals surface area (Å²) in [4.78, 5) is 16.7. The van der Waals surface area contributed by atoms with Crippen LogP contribution in [0.25, 0.3) is 6.08 Å². The lowest BCUT2D eigenvalue weighted by Crippen LogP contribution is -2.24. The van der Waals surface area contributed by atoms with Crippen molar-refractivity contribution >= 4 is 29.0 Å². The first-order valence-electron chi connectivity index (χ1n) is 13.6. The topological polar surface area (TPSA) is 86.3 Å². The van der Waals surface area contributed by atoms with Crippen LogP contribution < -0.4 is 16.0 Å². The highest BCUT2D eigenvalue weighted by atomic mass is 16.2. The van der Waals surface area contributed by atoms with Crippen LogP contribution in [0.3, 0.4) is 0 Å². The fraction of sp³-hybridized carbons (Fsp3) is 0.294. The quantitative estimate of drug-likeness (QED) is 0.172. The molecule has 0 spiro atoms. The summed E-state index contributed by atoms with van der Waals surface area (Å²) in [7, 11) is 1.89. The minimum atomic E-state index is -0.221. The molecule has 0 fully saturated rings. The number of para-hydroxylation sites is 1. The fourth-order valence-electron chi connectivity index (χ4n) is 3.77. The average molecular weight is 541 g/mol. The Morgan fingerprint density at radius 3 is 2.45 bits per heavy atom. The molecule has 0 aliphatic heterocycles. The Kier molecular flexibility index (Phi) is 16.6. The molecule has 0 radical (unpaired) electrons. The van der Waals surface area contributed by atoms with Gasteiger partial charge < -0.3 is 21.1 Å². The monoisotopic (exact) mass is 540 g/mol. The van der Waals surface area contributed by atoms with E-state index in [1.165, 1.54) is 11.1 Å². The van der Waals surface area contributed by atoms with Gasteiger partial charge in [0.1, 0.15) is 6.61 Å². The third kappa shape index (κ3) is 12.0. The first kappa shape index (κ1) is 33.7. The molecule has 212 valence electrons. The number of benzene rings is 2. The van der Waals surface area contributed by atoms with Gasteiger partial charge in [0.25, 0.3) is 5.91 Å². The number of aromatic nitrogens is 1. The third-order valence-electron chi connectivity index (χ3n) is 5.44. The number of nitrogens with zero attached hydrogens (tertiary/aromatic N) is 1. The summed E-state index contributed by atoms with van der Waals surface area (Å²) in [5.41, 5.74) is 7.80. The Balaban J connectivity index is 0.000000512. The number of aliphatic hydroxyl groups excluding tert-OH is 1. The SMILES string of the molecule is C/C=C/c1cc(C)cc(C)n1.C=CCCc1ccc(Nc2ccccc2C(=O)NCC#CCO)cc1NC.CC. The molecular formula is C34H44N4O2. The maximum Gasteiger partial charge on any atom is 0.254 e. The van der Waals surface area contributed by atoms with E-state index in [-0.39, 0.29) is 19.1 Å². The van der Waals surface area contributed by atoms with Crippen molar-refractivity contribution in [3.05, 3.63) is 101 Å². The number of hydrogen-bond donors (Lipinski definition) is 4. The minimum absolute atomic E-state index is 0.190. The second-order valence-corrected chi connectivity index (χ2v) is 8.52. The van der Waals surface area contributed by atoms with E-state index in [4.69, 9.17) is 5.11 Å². The molecule has 3 rings (SSSR count). The molecule has 3 aromatic rings. The molecule has 0 aliphatic carbocycles. The molecule has 40 heavy (non-hydrogen) atoms. The van der Waals surface area contributed by atoms with Crippen LogP contribution in [0.1, 0.15) is 60.1 Å². The van der Waals surface area contributed by atoms with E-state index in [2.05, 4.69) is 64.5 Å². The molecule has 4 N–H and O–H groups in total. The van der Waals surface area contributed by atoms with Gasteiger partial charge in [-0.05, 0) is 87.2 Å². The van der Waals surface area contributed by atoms with Crippen molar-refractivity contribution in [1.82, 2.24) is 10.3 Å². The Hall–Kier alpha value is -4.34. The minimum Gasteiger partial charge on any atom is -0.388 e. The normalized spacial score (nSPS) is 9.68. The second-order valence-electron chi connectivity index (χ2n) is 8.52. The van der Waals surface area contributed by atoms with Crippen LogP contribution in [-0.2, 0) is 6.42 Å². The molecule has 0 aliphatic rings. The van der Waals surface area contributed by atoms with Gasteiger partial charge in [-0.2, -0.15) is 0 Å². The van der Waals surface area contributed by atoms with Crippen LogP contribution in [0.4, 0.5) is 17.1 Å². The average Bonchev–Trinajstić information content (AvgIpc) is 2.96. The Morgan fingerprint density at radius 2 is 1.80 bits per heavy atom. The first-order chi connectivity index (χ1) is 19.4. The molecule has 0 unspecified atom stereocenters. The molecule has 0 saturated carbocycles. The molecule has 1 amide bonds. The van der Waals surface area contributed by atoms with Crippen molar-refractivity contribution in [2.24, 2.45) is 0 Å². The van der Waals surface area contributed by atoms with Crippen molar-refractivity contribution in [1.29, 1.82) is 0 Å². The zero-order valence-corrected chi connectivity index (χ0v) is 24.8. The van der Waals surface area contributed by atoms with Crippen LogP contribution in [0.15, 0.2) is 73.3 Å². The van der Waals surface area contributed by atoms with E-state index in [1.807, 2.05) is 83.3 Å². The zero-order valence-electron chi connectivity index (χ0n) is 24.8. The Morgan fingerprint density at radius 1 is 1.05 bits per heavy atom. The lowest BCUT2D eigenvalue weighted by atomic mass is 10.1. The van der Waals surface area contributed by atoms with Gasteiger partial charge >= 0.3 is 0 Å². The van der Waals surface area contributed by atoms with Gasteiger partial charge in [-0.15, -0.1) is 6.58 Å². The highest BCUT2D eigenvalue weighted by Gasteiger charge is 2.11. The van der Waals surface area contributed by atoms with Gasteiger partial charge in [-0.25, -0.2) is 0 Å². The number of carbonyl (C=O) groups is 1. The van der Waals surface area contributed by atoms with Crippen molar-refractivity contribution in [3.8, 4) is 11.8 Å². The fourth-order valence-corrected chi connectivity index (χ4v) is 3.77. The standard InChI is InChI=1S/C22H25N3O2.C10H13N.C2H6/c1-3-4-9-17-12-13-18(16-21(17)23-2)25-20-11-6-5-10-19(20)22(27)24-14-7-8-15-26;1-4-5-10-7-8(2)6-9(3)11-10;1-2/h3,5-6,10-13,16,23,25-26H,1,4,9,14-15H2,2H3,(H,24,27);4-7H,1-3H3;1-2H3/b;5-4+;. The summed E-state index contributed by atoms with van der Waals surface area (Å²) in [5, 5.41) is 17.9. The summed E-state index contributed by atoms with van der Waals surface area (Å²) in [6, 6.07) is 17.6. The molecule has 2 aromatic carbocycles. The summed E-state index contributed by atoms with van der Waals surface area (Å²) in [6.45, 7) is 13.8. The maximum absolute atomic E-state index is 12.4. The van der Waals surface area contributed by atoms with Crippen molar-refractivity contribution in [2.75, 3.05) is 30.8 Å². The van der Waals surface area contributed by atoms with Gasteiger partial charge in [0, 0.05) is 24.1 Å². The maximum atomic E-state index is 12.4. The first-order valence-corrected chi connectivity index (χ1v) is 13.6. The van der Waals surface area contributed by atoms with E-state index in [9.17, 15) is 4.79 Å².